The van der Waals surface area contributed by atoms with E-state index in [0.29, 0.717) is 29.9 Å². The molecule has 0 spiro atoms. The smallest absolute Gasteiger partial charge is 0.416 e. The molecule has 0 saturated carbocycles. The molecule has 7 nitrogen and oxygen atoms in total. The second-order valence-electron chi connectivity index (χ2n) is 11.3. The van der Waals surface area contributed by atoms with E-state index in [4.69, 9.17) is 4.74 Å². The molecule has 45 heavy (non-hydrogen) atoms. The van der Waals surface area contributed by atoms with E-state index in [1.807, 2.05) is 23.1 Å². The highest BCUT2D eigenvalue weighted by molar-refractivity contribution is 5.96. The summed E-state index contributed by atoms with van der Waals surface area (Å²) < 4.78 is 44.7. The maximum atomic E-state index is 13.4. The number of allylic oxidation sites excluding steroid dienone is 1. The lowest BCUT2D eigenvalue weighted by Crippen LogP contribution is -2.48. The zero-order chi connectivity index (χ0) is 32.1. The van der Waals surface area contributed by atoms with E-state index in [2.05, 4.69) is 17.0 Å². The molecule has 0 bridgehead atoms. The Balaban J connectivity index is 1.27. The lowest BCUT2D eigenvalue weighted by atomic mass is 9.83. The molecule has 1 unspecified atom stereocenters. The topological polar surface area (TPSA) is 70.2 Å². The molecule has 10 heteroatoms. The summed E-state index contributed by atoms with van der Waals surface area (Å²) in [5.74, 6) is -1.65. The van der Waals surface area contributed by atoms with Gasteiger partial charge in [0.2, 0.25) is 5.91 Å². The molecule has 2 heterocycles. The summed E-state index contributed by atoms with van der Waals surface area (Å²) in [7, 11) is 0. The molecule has 1 fully saturated rings. The van der Waals surface area contributed by atoms with Crippen LogP contribution in [0.5, 0.6) is 0 Å². The summed E-state index contributed by atoms with van der Waals surface area (Å²) in [6.07, 6.45) is -4.59. The predicted octanol–water partition coefficient (Wildman–Crippen LogP) is 6.02. The summed E-state index contributed by atoms with van der Waals surface area (Å²) in [4.78, 5) is 45.3. The summed E-state index contributed by atoms with van der Waals surface area (Å²) in [6, 6.07) is 21.9. The number of ether oxygens (including phenoxy) is 1. The van der Waals surface area contributed by atoms with Gasteiger partial charge in [0.15, 0.2) is 0 Å². The van der Waals surface area contributed by atoms with E-state index in [0.717, 1.165) is 37.3 Å². The molecule has 2 aliphatic rings. The maximum Gasteiger partial charge on any atom is 0.416 e. The van der Waals surface area contributed by atoms with Crippen LogP contribution in [-0.4, -0.2) is 65.3 Å². The third kappa shape index (κ3) is 7.45. The van der Waals surface area contributed by atoms with E-state index < -0.39 is 23.6 Å². The number of carbonyl (C=O) groups excluding carboxylic acids is 3. The number of esters is 1. The summed E-state index contributed by atoms with van der Waals surface area (Å²) in [6.45, 7) is 7.29. The minimum Gasteiger partial charge on any atom is -0.463 e. The Bertz CT molecular complexity index is 1550. The van der Waals surface area contributed by atoms with Gasteiger partial charge in [-0.1, -0.05) is 54.6 Å². The molecule has 3 aromatic rings. The maximum absolute atomic E-state index is 13.4. The van der Waals surface area contributed by atoms with Crippen LogP contribution in [0.15, 0.2) is 90.1 Å². The number of piperazine rings is 1. The second kappa shape index (κ2) is 13.7. The predicted molar refractivity (Wildman–Crippen MR) is 163 cm³/mol. The number of carbonyl (C=O) groups is 3. The fourth-order valence-electron chi connectivity index (χ4n) is 5.93. The van der Waals surface area contributed by atoms with Crippen molar-refractivity contribution in [1.29, 1.82) is 0 Å². The van der Waals surface area contributed by atoms with Crippen molar-refractivity contribution in [3.05, 3.63) is 118 Å². The minimum absolute atomic E-state index is 0.0463. The molecule has 3 aromatic carbocycles. The van der Waals surface area contributed by atoms with Crippen LogP contribution in [0.4, 0.5) is 13.2 Å². The van der Waals surface area contributed by atoms with Gasteiger partial charge in [0.05, 0.1) is 24.3 Å². The molecule has 2 aliphatic heterocycles. The van der Waals surface area contributed by atoms with Crippen LogP contribution in [-0.2, 0) is 33.6 Å². The standard InChI is InChI=1S/C35H36F3N3O4/c1-3-45-34(44)32-24(2)41(31(42)21-30(32)27-13-15-29(16-14-27)35(36,37)38)23-26-9-11-28(12-10-26)33(43)40-19-17-39(18-20-40)22-25-7-5-4-6-8-25/h4-16,30H,3,17-23H2,1-2H3. The molecule has 0 aliphatic carbocycles. The Hall–Kier alpha value is -4.44. The van der Waals surface area contributed by atoms with Gasteiger partial charge >= 0.3 is 12.1 Å². The monoisotopic (exact) mass is 619 g/mol. The molecular formula is C35H36F3N3O4. The van der Waals surface area contributed by atoms with Crippen molar-refractivity contribution >= 4 is 17.8 Å². The van der Waals surface area contributed by atoms with Gasteiger partial charge in [-0.25, -0.2) is 4.79 Å². The van der Waals surface area contributed by atoms with E-state index in [-0.39, 0.29) is 37.0 Å². The van der Waals surface area contributed by atoms with Gasteiger partial charge in [-0.15, -0.1) is 0 Å². The first kappa shape index (κ1) is 32.0. The Labute approximate surface area is 260 Å². The first-order valence-corrected chi connectivity index (χ1v) is 15.0. The fourth-order valence-corrected chi connectivity index (χ4v) is 5.93. The summed E-state index contributed by atoms with van der Waals surface area (Å²) in [5, 5.41) is 0. The van der Waals surface area contributed by atoms with Crippen molar-refractivity contribution in [2.24, 2.45) is 0 Å². The Kier molecular flexibility index (Phi) is 9.72. The molecule has 0 aromatic heterocycles. The first-order valence-electron chi connectivity index (χ1n) is 15.0. The first-order chi connectivity index (χ1) is 21.5. The Morgan fingerprint density at radius 3 is 2.07 bits per heavy atom. The minimum atomic E-state index is -4.49. The second-order valence-corrected chi connectivity index (χ2v) is 11.3. The van der Waals surface area contributed by atoms with Gasteiger partial charge in [-0.05, 0) is 54.8 Å². The molecule has 1 atom stereocenters. The molecule has 0 N–H and O–H groups in total. The summed E-state index contributed by atoms with van der Waals surface area (Å²) in [5.41, 5.74) is 2.83. The number of hydrogen-bond acceptors (Lipinski definition) is 5. The number of amides is 2. The Morgan fingerprint density at radius 1 is 0.844 bits per heavy atom. The van der Waals surface area contributed by atoms with Gasteiger partial charge < -0.3 is 14.5 Å². The number of nitrogens with zero attached hydrogens (tertiary/aromatic N) is 3. The third-order valence-electron chi connectivity index (χ3n) is 8.41. The van der Waals surface area contributed by atoms with E-state index >= 15 is 0 Å². The van der Waals surface area contributed by atoms with Gasteiger partial charge in [0, 0.05) is 56.3 Å². The van der Waals surface area contributed by atoms with Crippen molar-refractivity contribution < 1.29 is 32.3 Å². The molecule has 0 radical (unpaired) electrons. The van der Waals surface area contributed by atoms with E-state index in [1.165, 1.54) is 22.6 Å². The number of alkyl halides is 3. The Morgan fingerprint density at radius 2 is 1.47 bits per heavy atom. The highest BCUT2D eigenvalue weighted by Crippen LogP contribution is 2.39. The van der Waals surface area contributed by atoms with Crippen molar-refractivity contribution in [1.82, 2.24) is 14.7 Å². The largest absolute Gasteiger partial charge is 0.463 e. The van der Waals surface area contributed by atoms with Crippen LogP contribution >= 0.6 is 0 Å². The number of halogens is 3. The molecule has 1 saturated heterocycles. The molecule has 2 amide bonds. The lowest BCUT2D eigenvalue weighted by Gasteiger charge is -2.35. The summed E-state index contributed by atoms with van der Waals surface area (Å²) >= 11 is 0. The average Bonchev–Trinajstić information content (AvgIpc) is 3.03. The highest BCUT2D eigenvalue weighted by Gasteiger charge is 2.38. The van der Waals surface area contributed by atoms with Crippen LogP contribution in [0.1, 0.15) is 58.8 Å². The van der Waals surface area contributed by atoms with Gasteiger partial charge in [-0.2, -0.15) is 13.2 Å². The zero-order valence-electron chi connectivity index (χ0n) is 25.3. The average molecular weight is 620 g/mol. The number of rotatable bonds is 8. The van der Waals surface area contributed by atoms with Crippen LogP contribution in [0, 0.1) is 0 Å². The van der Waals surface area contributed by atoms with Gasteiger partial charge in [0.25, 0.3) is 5.91 Å². The lowest BCUT2D eigenvalue weighted by molar-refractivity contribution is -0.140. The SMILES string of the molecule is CCOC(=O)C1=C(C)N(Cc2ccc(C(=O)N3CCN(Cc4ccccc4)CC3)cc2)C(=O)CC1c1ccc(C(F)(F)F)cc1. The van der Waals surface area contributed by atoms with Gasteiger partial charge in [-0.3, -0.25) is 14.5 Å². The van der Waals surface area contributed by atoms with Crippen LogP contribution in [0.3, 0.4) is 0 Å². The van der Waals surface area contributed by atoms with Gasteiger partial charge in [0.1, 0.15) is 0 Å². The number of benzene rings is 3. The van der Waals surface area contributed by atoms with E-state index in [1.54, 1.807) is 38.1 Å². The molecule has 5 rings (SSSR count). The third-order valence-corrected chi connectivity index (χ3v) is 8.41. The van der Waals surface area contributed by atoms with Crippen molar-refractivity contribution in [2.45, 2.75) is 45.5 Å². The zero-order valence-corrected chi connectivity index (χ0v) is 25.3. The van der Waals surface area contributed by atoms with Crippen LogP contribution in [0.25, 0.3) is 0 Å². The van der Waals surface area contributed by atoms with E-state index in [9.17, 15) is 27.6 Å². The van der Waals surface area contributed by atoms with Crippen LogP contribution in [0.2, 0.25) is 0 Å². The van der Waals surface area contributed by atoms with Crippen molar-refractivity contribution in [3.8, 4) is 0 Å². The normalized spacial score (nSPS) is 17.9. The quantitative estimate of drug-likeness (QED) is 0.289. The van der Waals surface area contributed by atoms with Crippen molar-refractivity contribution in [2.75, 3.05) is 32.8 Å². The van der Waals surface area contributed by atoms with Crippen molar-refractivity contribution in [3.63, 3.8) is 0 Å². The fraction of sp³-hybridized carbons (Fsp3) is 0.343. The molecule has 236 valence electrons. The molecular weight excluding hydrogens is 583 g/mol. The number of hydrogen-bond donors (Lipinski definition) is 0. The van der Waals surface area contributed by atoms with Crippen LogP contribution < -0.4 is 0 Å². The highest BCUT2D eigenvalue weighted by atomic mass is 19.4.